The maximum Gasteiger partial charge on any atom is 0.253 e. The molecule has 1 aromatic carbocycles. The topological polar surface area (TPSA) is 43.3 Å². The summed E-state index contributed by atoms with van der Waals surface area (Å²) in [5, 5.41) is 5.00. The Bertz CT molecular complexity index is 984. The Kier molecular flexibility index (Phi) is 4.15. The van der Waals surface area contributed by atoms with Gasteiger partial charge in [0.05, 0.1) is 35.4 Å². The molecule has 1 amide bonds. The molecule has 1 saturated heterocycles. The van der Waals surface area contributed by atoms with E-state index >= 15 is 0 Å². The van der Waals surface area contributed by atoms with Crippen LogP contribution in [-0.2, 0) is 4.74 Å². The zero-order valence-electron chi connectivity index (χ0n) is 17.9. The molecule has 5 fully saturated rings. The van der Waals surface area contributed by atoms with Crippen molar-refractivity contribution in [2.24, 2.45) is 23.2 Å². The van der Waals surface area contributed by atoms with Crippen molar-refractivity contribution in [3.8, 4) is 0 Å². The highest BCUT2D eigenvalue weighted by molar-refractivity contribution is 6.36. The fourth-order valence-corrected chi connectivity index (χ4v) is 7.76. The van der Waals surface area contributed by atoms with Gasteiger partial charge < -0.3 is 14.6 Å². The van der Waals surface area contributed by atoms with E-state index < -0.39 is 0 Å². The lowest BCUT2D eigenvalue weighted by molar-refractivity contribution is -0.0956. The lowest BCUT2D eigenvalue weighted by Gasteiger charge is -2.62. The molecule has 0 spiro atoms. The van der Waals surface area contributed by atoms with E-state index in [1.807, 2.05) is 18.3 Å². The van der Waals surface area contributed by atoms with Crippen molar-refractivity contribution in [1.82, 2.24) is 9.88 Å². The van der Waals surface area contributed by atoms with Gasteiger partial charge in [-0.25, -0.2) is 0 Å². The van der Waals surface area contributed by atoms with Gasteiger partial charge in [0.15, 0.2) is 0 Å². The highest BCUT2D eigenvalue weighted by atomic mass is 35.5. The molecule has 4 bridgehead atoms. The van der Waals surface area contributed by atoms with E-state index in [2.05, 4.69) is 29.8 Å². The number of carbonyl (C=O) groups is 1. The first-order valence-corrected chi connectivity index (χ1v) is 11.9. The second-order valence-corrected chi connectivity index (χ2v) is 11.5. The number of halogens is 1. The van der Waals surface area contributed by atoms with E-state index in [1.54, 1.807) is 0 Å². The maximum absolute atomic E-state index is 13.6. The van der Waals surface area contributed by atoms with Crippen molar-refractivity contribution in [3.05, 3.63) is 35.0 Å². The quantitative estimate of drug-likeness (QED) is 0.692. The predicted molar refractivity (Wildman–Crippen MR) is 119 cm³/mol. The highest BCUT2D eigenvalue weighted by Crippen LogP contribution is 2.63. The molecule has 30 heavy (non-hydrogen) atoms. The summed E-state index contributed by atoms with van der Waals surface area (Å²) in [5.41, 5.74) is 1.73. The zero-order valence-corrected chi connectivity index (χ0v) is 18.7. The summed E-state index contributed by atoms with van der Waals surface area (Å²) in [4.78, 5) is 13.6. The summed E-state index contributed by atoms with van der Waals surface area (Å²) in [6.07, 6.45) is 10.0. The Morgan fingerprint density at radius 2 is 1.77 bits per heavy atom. The van der Waals surface area contributed by atoms with Crippen LogP contribution in [0.15, 0.2) is 24.4 Å². The van der Waals surface area contributed by atoms with E-state index in [0.717, 1.165) is 28.7 Å². The van der Waals surface area contributed by atoms with Gasteiger partial charge in [0.1, 0.15) is 0 Å². The average Bonchev–Trinajstić information content (AvgIpc) is 2.99. The van der Waals surface area contributed by atoms with E-state index in [9.17, 15) is 4.79 Å². The zero-order chi connectivity index (χ0) is 20.7. The van der Waals surface area contributed by atoms with Gasteiger partial charge in [0.2, 0.25) is 0 Å². The van der Waals surface area contributed by atoms with Crippen molar-refractivity contribution < 1.29 is 9.53 Å². The lowest BCUT2D eigenvalue weighted by atomic mass is 9.45. The van der Waals surface area contributed by atoms with Crippen molar-refractivity contribution in [2.75, 3.05) is 13.2 Å². The summed E-state index contributed by atoms with van der Waals surface area (Å²) in [7, 11) is 0. The fourth-order valence-electron chi connectivity index (χ4n) is 7.49. The average molecular weight is 427 g/mol. The van der Waals surface area contributed by atoms with E-state index in [1.165, 1.54) is 38.5 Å². The van der Waals surface area contributed by atoms with Crippen molar-refractivity contribution in [2.45, 2.75) is 64.0 Å². The van der Waals surface area contributed by atoms with Gasteiger partial charge in [-0.15, -0.1) is 0 Å². The van der Waals surface area contributed by atoms with Crippen molar-refractivity contribution in [3.63, 3.8) is 0 Å². The smallest absolute Gasteiger partial charge is 0.253 e. The van der Waals surface area contributed by atoms with Crippen LogP contribution < -0.4 is 5.32 Å². The van der Waals surface area contributed by atoms with Gasteiger partial charge >= 0.3 is 0 Å². The third-order valence-electron chi connectivity index (χ3n) is 8.86. The van der Waals surface area contributed by atoms with Crippen molar-refractivity contribution in [1.29, 1.82) is 0 Å². The van der Waals surface area contributed by atoms with Crippen LogP contribution in [0, 0.1) is 23.2 Å². The first kappa shape index (κ1) is 19.2. The molecular weight excluding hydrogens is 396 g/mol. The number of rotatable bonds is 4. The number of carbonyl (C=O) groups excluding carboxylic acids is 1. The van der Waals surface area contributed by atoms with Gasteiger partial charge in [-0.2, -0.15) is 0 Å². The number of hydrogen-bond acceptors (Lipinski definition) is 2. The fraction of sp³-hybridized carbons (Fsp3) is 0.640. The lowest BCUT2D eigenvalue weighted by Crippen LogP contribution is -2.62. The summed E-state index contributed by atoms with van der Waals surface area (Å²) in [6.45, 7) is 5.91. The number of hydrogen-bond donors (Lipinski definition) is 1. The summed E-state index contributed by atoms with van der Waals surface area (Å²) >= 11 is 6.59. The van der Waals surface area contributed by atoms with Crippen LogP contribution in [0.5, 0.6) is 0 Å². The summed E-state index contributed by atoms with van der Waals surface area (Å²) in [6, 6.07) is 6.18. The number of fused-ring (bicyclic) bond motifs is 1. The largest absolute Gasteiger partial charge is 0.377 e. The van der Waals surface area contributed by atoms with Crippen LogP contribution in [-0.4, -0.2) is 29.2 Å². The minimum atomic E-state index is -0.227. The Labute approximate surface area is 183 Å². The standard InChI is InChI=1S/C25H31ClN2O2/c1-24(2,25-9-15-6-16(10-25)8-17(7-15)11-25)27-23(29)19-12-28(18-13-30-14-18)21-5-3-4-20(26)22(19)21/h3-5,12,15-18H,6-11,13-14H2,1-2H3,(H,27,29)/t15-,16+,17-,25?. The van der Waals surface area contributed by atoms with Gasteiger partial charge in [-0.3, -0.25) is 4.79 Å². The maximum atomic E-state index is 13.6. The monoisotopic (exact) mass is 426 g/mol. The second kappa shape index (κ2) is 6.49. The van der Waals surface area contributed by atoms with Gasteiger partial charge in [-0.1, -0.05) is 17.7 Å². The van der Waals surface area contributed by atoms with Crippen LogP contribution >= 0.6 is 11.6 Å². The minimum Gasteiger partial charge on any atom is -0.377 e. The number of nitrogens with one attached hydrogen (secondary N) is 1. The van der Waals surface area contributed by atoms with Crippen molar-refractivity contribution >= 4 is 28.4 Å². The minimum absolute atomic E-state index is 0.00726. The molecule has 5 aliphatic rings. The molecule has 4 saturated carbocycles. The molecule has 160 valence electrons. The van der Waals surface area contributed by atoms with Gasteiger partial charge in [0.25, 0.3) is 5.91 Å². The van der Waals surface area contributed by atoms with Crippen LogP contribution in [0.1, 0.15) is 68.8 Å². The number of nitrogens with zero attached hydrogens (tertiary/aromatic N) is 1. The van der Waals surface area contributed by atoms with Crippen LogP contribution in [0.4, 0.5) is 0 Å². The first-order chi connectivity index (χ1) is 14.4. The molecule has 1 aliphatic heterocycles. The Morgan fingerprint density at radius 3 is 2.33 bits per heavy atom. The summed E-state index contributed by atoms with van der Waals surface area (Å²) in [5.74, 6) is 2.60. The molecule has 7 rings (SSSR count). The molecule has 0 atom stereocenters. The Hall–Kier alpha value is -1.52. The third kappa shape index (κ3) is 2.72. The SMILES string of the molecule is CC(C)(NC(=O)c1cn(C2COC2)c2cccc(Cl)c12)C12C[C@H]3C[C@@H](C1)C[C@@H](C2)C3. The normalized spacial score (nSPS) is 33.1. The molecule has 0 unspecified atom stereocenters. The number of ether oxygens (including phenoxy) is 1. The van der Waals surface area contributed by atoms with E-state index in [0.29, 0.717) is 23.8 Å². The van der Waals surface area contributed by atoms with Gasteiger partial charge in [-0.05, 0) is 87.7 Å². The molecule has 2 aromatic rings. The van der Waals surface area contributed by atoms with E-state index in [-0.39, 0.29) is 22.9 Å². The predicted octanol–water partition coefficient (Wildman–Crippen LogP) is 5.59. The van der Waals surface area contributed by atoms with Crippen LogP contribution in [0.3, 0.4) is 0 Å². The molecule has 4 aliphatic carbocycles. The van der Waals surface area contributed by atoms with E-state index in [4.69, 9.17) is 16.3 Å². The Morgan fingerprint density at radius 1 is 1.13 bits per heavy atom. The molecule has 1 aromatic heterocycles. The highest BCUT2D eigenvalue weighted by Gasteiger charge is 2.57. The van der Waals surface area contributed by atoms with Gasteiger partial charge in [0, 0.05) is 17.1 Å². The number of benzene rings is 1. The molecule has 4 nitrogen and oxygen atoms in total. The number of amides is 1. The van der Waals surface area contributed by atoms with Crippen LogP contribution in [0.2, 0.25) is 5.02 Å². The first-order valence-electron chi connectivity index (χ1n) is 11.5. The third-order valence-corrected chi connectivity index (χ3v) is 9.17. The molecule has 1 N–H and O–H groups in total. The number of aromatic nitrogens is 1. The molecule has 0 radical (unpaired) electrons. The van der Waals surface area contributed by atoms with Crippen LogP contribution in [0.25, 0.3) is 10.9 Å². The second-order valence-electron chi connectivity index (χ2n) is 11.1. The molecule has 5 heteroatoms. The molecular formula is C25H31ClN2O2. The Balaban J connectivity index is 1.34. The molecule has 2 heterocycles. The summed E-state index contributed by atoms with van der Waals surface area (Å²) < 4.78 is 7.58.